The highest BCUT2D eigenvalue weighted by molar-refractivity contribution is 5.96. The van der Waals surface area contributed by atoms with Gasteiger partial charge in [0.05, 0.1) is 29.5 Å². The Labute approximate surface area is 422 Å². The van der Waals surface area contributed by atoms with Crippen LogP contribution in [0.25, 0.3) is 11.8 Å². The van der Waals surface area contributed by atoms with Crippen LogP contribution < -0.4 is 15.8 Å². The summed E-state index contributed by atoms with van der Waals surface area (Å²) in [5.74, 6) is -5.04. The summed E-state index contributed by atoms with van der Waals surface area (Å²) in [5.41, 5.74) is -7.82. The Kier molecular flexibility index (Phi) is 11.1. The van der Waals surface area contributed by atoms with Gasteiger partial charge in [-0.2, -0.15) is 0 Å². The highest BCUT2D eigenvalue weighted by Crippen LogP contribution is 2.81. The number of phenols is 2. The first-order valence-corrected chi connectivity index (χ1v) is 27.3. The second kappa shape index (κ2) is 16.2. The molecule has 13 nitrogen and oxygen atoms in total. The van der Waals surface area contributed by atoms with Crippen molar-refractivity contribution in [2.24, 2.45) is 63.1 Å². The number of carbonyl (C=O) groups is 1. The van der Waals surface area contributed by atoms with Crippen molar-refractivity contribution in [2.45, 2.75) is 152 Å². The summed E-state index contributed by atoms with van der Waals surface area (Å²) in [6.45, 7) is 11.3. The Bertz CT molecular complexity index is 2790. The zero-order chi connectivity index (χ0) is 50.9. The van der Waals surface area contributed by atoms with Gasteiger partial charge in [0.1, 0.15) is 28.5 Å². The number of rotatable bonds is 9. The van der Waals surface area contributed by atoms with Gasteiger partial charge in [0.25, 0.3) is 0 Å². The summed E-state index contributed by atoms with van der Waals surface area (Å²) in [7, 11) is 0. The van der Waals surface area contributed by atoms with Crippen LogP contribution in [-0.4, -0.2) is 125 Å². The zero-order valence-corrected chi connectivity index (χ0v) is 42.6. The minimum atomic E-state index is -1.87. The first-order chi connectivity index (χ1) is 34.2. The normalized spacial score (nSPS) is 48.1. The molecule has 0 amide bonds. The average Bonchev–Trinajstić information content (AvgIpc) is 3.86. The fraction of sp³-hybridized carbons (Fsp3) is 0.678. The summed E-state index contributed by atoms with van der Waals surface area (Å²) in [6.07, 6.45) is 7.26. The Hall–Kier alpha value is -3.63. The molecule has 13 heteroatoms. The fourth-order valence-corrected chi connectivity index (χ4v) is 19.8. The summed E-state index contributed by atoms with van der Waals surface area (Å²) in [5, 5.41) is 117. The van der Waals surface area contributed by atoms with E-state index in [-0.39, 0.29) is 85.6 Å². The molecule has 0 aromatic heterocycles. The fourth-order valence-electron chi connectivity index (χ4n) is 19.8. The van der Waals surface area contributed by atoms with Crippen molar-refractivity contribution in [3.05, 3.63) is 81.3 Å². The smallest absolute Gasteiger partial charge is 0.160 e. The van der Waals surface area contributed by atoms with Crippen LogP contribution in [0.15, 0.2) is 59.7 Å². The number of aliphatic hydroxyl groups excluding tert-OH is 4. The number of nitrogens with one attached hydrogen (secondary N) is 1. The molecule has 2 aromatic rings. The van der Waals surface area contributed by atoms with Crippen LogP contribution in [0.4, 0.5) is 0 Å². The minimum Gasteiger partial charge on any atom is -0.511 e. The molecular formula is C59H77NO12. The van der Waals surface area contributed by atoms with Gasteiger partial charge < -0.3 is 60.7 Å². The van der Waals surface area contributed by atoms with Crippen LogP contribution in [0.1, 0.15) is 116 Å². The number of hydrogen-bond acceptors (Lipinski definition) is 13. The maximum absolute atomic E-state index is 15.9. The van der Waals surface area contributed by atoms with Gasteiger partial charge in [0, 0.05) is 85.5 Å². The molecule has 2 bridgehead atoms. The Morgan fingerprint density at radius 3 is 2.46 bits per heavy atom. The monoisotopic (exact) mass is 992 g/mol. The number of ether oxygens (including phenoxy) is 2. The van der Waals surface area contributed by atoms with Crippen molar-refractivity contribution in [1.82, 2.24) is 5.32 Å². The molecule has 5 saturated carbocycles. The predicted octanol–water partition coefficient (Wildman–Crippen LogP) is 4.33. The molecule has 19 atom stereocenters. The number of allylic oxidation sites excluding steroid dienone is 2. The average molecular weight is 992 g/mol. The molecule has 2 aromatic carbocycles. The first kappa shape index (κ1) is 49.3. The van der Waals surface area contributed by atoms with Gasteiger partial charge in [-0.25, -0.2) is 0 Å². The van der Waals surface area contributed by atoms with E-state index in [1.165, 1.54) is 6.07 Å². The lowest BCUT2D eigenvalue weighted by Gasteiger charge is -2.70. The largest absolute Gasteiger partial charge is 0.511 e. The number of ketones is 1. The molecule has 10 aliphatic carbocycles. The van der Waals surface area contributed by atoms with Gasteiger partial charge in [-0.1, -0.05) is 76.6 Å². The number of benzene rings is 2. The number of aromatic hydroxyl groups is 2. The van der Waals surface area contributed by atoms with E-state index < -0.39 is 99.1 Å². The lowest BCUT2D eigenvalue weighted by atomic mass is 9.35. The Morgan fingerprint density at radius 1 is 0.931 bits per heavy atom. The molecule has 6 fully saturated rings. The summed E-state index contributed by atoms with van der Waals surface area (Å²) in [4.78, 5) is 15.9. The molecule has 0 unspecified atom stereocenters. The van der Waals surface area contributed by atoms with Gasteiger partial charge >= 0.3 is 0 Å². The summed E-state index contributed by atoms with van der Waals surface area (Å²) >= 11 is 0. The molecule has 11 aliphatic rings. The van der Waals surface area contributed by atoms with E-state index in [4.69, 9.17) is 9.47 Å². The number of fused-ring (bicyclic) bond motifs is 17. The van der Waals surface area contributed by atoms with Crippen LogP contribution in [0, 0.1) is 63.1 Å². The molecule has 10 N–H and O–H groups in total. The summed E-state index contributed by atoms with van der Waals surface area (Å²) in [6, 6.07) is 10.7. The third-order valence-corrected chi connectivity index (χ3v) is 22.5. The van der Waals surface area contributed by atoms with E-state index >= 15 is 4.79 Å². The molecule has 2 spiro atoms. The Morgan fingerprint density at radius 2 is 1.71 bits per heavy atom. The number of carbonyl (C=O) groups excluding carboxylic acids is 1. The molecule has 72 heavy (non-hydrogen) atoms. The highest BCUT2D eigenvalue weighted by Gasteiger charge is 2.85. The Balaban J connectivity index is 1.10. The second-order valence-electron chi connectivity index (χ2n) is 25.4. The lowest BCUT2D eigenvalue weighted by molar-refractivity contribution is -0.257. The number of likely N-dealkylation sites (N-methyl/N-ethyl adjacent to an activating group) is 1. The van der Waals surface area contributed by atoms with Crippen molar-refractivity contribution >= 4 is 17.6 Å². The van der Waals surface area contributed by atoms with Gasteiger partial charge in [-0.3, -0.25) is 4.79 Å². The van der Waals surface area contributed by atoms with E-state index in [1.54, 1.807) is 12.1 Å². The van der Waals surface area contributed by atoms with Crippen LogP contribution in [0.5, 0.6) is 11.5 Å². The maximum atomic E-state index is 15.9. The molecule has 1 heterocycles. The van der Waals surface area contributed by atoms with Crippen molar-refractivity contribution < 1.29 is 60.2 Å². The molecular weight excluding hydrogens is 915 g/mol. The molecule has 13 rings (SSSR count). The van der Waals surface area contributed by atoms with Gasteiger partial charge in [-0.05, 0) is 132 Å². The zero-order valence-electron chi connectivity index (χ0n) is 42.6. The van der Waals surface area contributed by atoms with E-state index in [0.717, 1.165) is 29.0 Å². The molecule has 1 saturated heterocycles. The number of hydrogen-bond donors (Lipinski definition) is 10. The highest BCUT2D eigenvalue weighted by atomic mass is 16.6. The second-order valence-corrected chi connectivity index (χ2v) is 25.4. The third-order valence-electron chi connectivity index (χ3n) is 22.5. The van der Waals surface area contributed by atoms with Crippen molar-refractivity contribution in [3.8, 4) is 11.5 Å². The maximum Gasteiger partial charge on any atom is 0.160 e. The number of phenolic OH excluding ortho intramolecular Hbond substituents is 2. The van der Waals surface area contributed by atoms with E-state index in [9.17, 15) is 46.0 Å². The van der Waals surface area contributed by atoms with Crippen LogP contribution >= 0.6 is 0 Å². The van der Waals surface area contributed by atoms with Crippen LogP contribution in [-0.2, 0) is 20.7 Å². The molecule has 390 valence electrons. The van der Waals surface area contributed by atoms with Gasteiger partial charge in [-0.15, -0.1) is 0 Å². The minimum absolute atomic E-state index is 0.0144. The van der Waals surface area contributed by atoms with Crippen molar-refractivity contribution in [1.29, 1.82) is 0 Å². The third kappa shape index (κ3) is 5.95. The topological polar surface area (TPSA) is 230 Å². The predicted molar refractivity (Wildman–Crippen MR) is 268 cm³/mol. The van der Waals surface area contributed by atoms with Gasteiger partial charge in [0.2, 0.25) is 0 Å². The molecule has 1 aliphatic heterocycles. The summed E-state index contributed by atoms with van der Waals surface area (Å²) < 4.78 is 14.3. The van der Waals surface area contributed by atoms with Crippen LogP contribution in [0.3, 0.4) is 0 Å². The van der Waals surface area contributed by atoms with Crippen molar-refractivity contribution in [3.63, 3.8) is 0 Å². The first-order valence-electron chi connectivity index (χ1n) is 27.3. The van der Waals surface area contributed by atoms with E-state index in [1.807, 2.05) is 38.1 Å². The van der Waals surface area contributed by atoms with E-state index in [0.29, 0.717) is 55.3 Å². The SMILES string of the molecule is CCNCC1=C[C@@]2(C)CC[C@@H]1[C@]1(O[C@H]3C[C@@]4(O)C5=CC(=O)[C@@H]6[C@@H]7c8cc(O)cc(O)c8CC[C@]7(O)[C@@H](OCCCO)C[C@]6(C)[C@H]5[C@@]5(CC[C@H]6C=c7ccccc7=C(O)[C@@H]65)C[C@]4(C)[C@H]3[C@]1(O)CCO)[C@@H](O)[C@H]2C. The quantitative estimate of drug-likeness (QED) is 0.125. The van der Waals surface area contributed by atoms with Crippen molar-refractivity contribution in [2.75, 3.05) is 32.9 Å². The van der Waals surface area contributed by atoms with Gasteiger partial charge in [0.15, 0.2) is 5.78 Å². The van der Waals surface area contributed by atoms with E-state index in [2.05, 4.69) is 38.2 Å². The van der Waals surface area contributed by atoms with Crippen LogP contribution in [0.2, 0.25) is 0 Å². The number of aliphatic hydroxyl groups is 7. The lowest BCUT2D eigenvalue weighted by Crippen LogP contribution is -2.73. The molecule has 0 radical (unpaired) electrons. The standard InChI is InChI=1S/C59H77NO12/c1-6-60-29-34-26-52(3)15-14-39(34)59(51(67)31(52)2)57(69,18-20-62)50-43(72-59)27-58(70)40-25-42(65)47-46-38-23-35(63)24-41(64)37(38)13-17-56(46,68)44(71-21-9-19-61)28-53(47,4)49(40)55(30-54(50,58)5)16-12-33-22-32-10-7-8-11-36(32)48(66)45(33)55/h7-8,10-11,22-26,31,33,39,43-47,49-51,60-64,66-70H,6,9,12-21,27-30H2,1-5H3/t31-,33+,39+,43+,44+,45-,46+,47-,49+,50+,51+,52-,53+,54-,55+,56+,57-,58-,59+/m1/s1.